The first-order valence-electron chi connectivity index (χ1n) is 7.33. The lowest BCUT2D eigenvalue weighted by Gasteiger charge is -2.24. The molecule has 2 heterocycles. The smallest absolute Gasteiger partial charge is 0.239 e. The topological polar surface area (TPSA) is 72.9 Å². The molecule has 112 valence electrons. The Labute approximate surface area is 128 Å². The van der Waals surface area contributed by atoms with E-state index in [0.717, 1.165) is 5.69 Å². The zero-order chi connectivity index (χ0) is 14.7. The first kappa shape index (κ1) is 14.1. The van der Waals surface area contributed by atoms with E-state index in [1.807, 2.05) is 6.20 Å². The molecule has 1 aliphatic carbocycles. The number of hydrogen-bond acceptors (Lipinski definition) is 4. The van der Waals surface area contributed by atoms with E-state index >= 15 is 0 Å². The molecule has 0 bridgehead atoms. The van der Waals surface area contributed by atoms with Gasteiger partial charge in [0.15, 0.2) is 0 Å². The van der Waals surface area contributed by atoms with E-state index in [-0.39, 0.29) is 12.5 Å². The maximum atomic E-state index is 10.9. The average Bonchev–Trinajstić information content (AvgIpc) is 3.19. The highest BCUT2D eigenvalue weighted by molar-refractivity contribution is 7.10. The number of nitrogens with zero attached hydrogens (tertiary/aromatic N) is 2. The molecule has 3 rings (SSSR count). The summed E-state index contributed by atoms with van der Waals surface area (Å²) in [6, 6.07) is 4.62. The van der Waals surface area contributed by atoms with Gasteiger partial charge in [0.2, 0.25) is 5.91 Å². The van der Waals surface area contributed by atoms with Gasteiger partial charge in [0.05, 0.1) is 17.9 Å². The SMILES string of the molecule is NC(=O)Cn1cc(NC(c2cccs2)C2CCCC2)cn1. The monoisotopic (exact) mass is 304 g/mol. The molecule has 5 nitrogen and oxygen atoms in total. The van der Waals surface area contributed by atoms with Crippen molar-refractivity contribution in [2.75, 3.05) is 5.32 Å². The quantitative estimate of drug-likeness (QED) is 0.862. The van der Waals surface area contributed by atoms with Gasteiger partial charge < -0.3 is 11.1 Å². The maximum Gasteiger partial charge on any atom is 0.239 e. The number of thiophene rings is 1. The molecule has 2 aromatic heterocycles. The van der Waals surface area contributed by atoms with Gasteiger partial charge in [0.1, 0.15) is 6.54 Å². The number of nitrogens with one attached hydrogen (secondary N) is 1. The molecule has 0 saturated heterocycles. The van der Waals surface area contributed by atoms with Crippen LogP contribution in [0.25, 0.3) is 0 Å². The van der Waals surface area contributed by atoms with E-state index in [9.17, 15) is 4.79 Å². The third-order valence-electron chi connectivity index (χ3n) is 3.99. The lowest BCUT2D eigenvalue weighted by molar-refractivity contribution is -0.118. The number of aromatic nitrogens is 2. The average molecular weight is 304 g/mol. The van der Waals surface area contributed by atoms with E-state index in [2.05, 4.69) is 27.9 Å². The first-order valence-corrected chi connectivity index (χ1v) is 8.21. The van der Waals surface area contributed by atoms with Gasteiger partial charge in [-0.3, -0.25) is 9.48 Å². The van der Waals surface area contributed by atoms with Crippen LogP contribution in [0.15, 0.2) is 29.9 Å². The Morgan fingerprint density at radius 3 is 3.00 bits per heavy atom. The van der Waals surface area contributed by atoms with E-state index in [0.29, 0.717) is 12.0 Å². The number of hydrogen-bond donors (Lipinski definition) is 2. The van der Waals surface area contributed by atoms with Gasteiger partial charge in [0, 0.05) is 11.1 Å². The second-order valence-electron chi connectivity index (χ2n) is 5.57. The minimum absolute atomic E-state index is 0.120. The van der Waals surface area contributed by atoms with Gasteiger partial charge in [-0.15, -0.1) is 11.3 Å². The fourth-order valence-corrected chi connectivity index (χ4v) is 3.91. The van der Waals surface area contributed by atoms with Crippen LogP contribution in [0.4, 0.5) is 5.69 Å². The molecule has 0 radical (unpaired) electrons. The summed E-state index contributed by atoms with van der Waals surface area (Å²) in [4.78, 5) is 12.3. The molecular weight excluding hydrogens is 284 g/mol. The lowest BCUT2D eigenvalue weighted by Crippen LogP contribution is -2.19. The van der Waals surface area contributed by atoms with E-state index < -0.39 is 0 Å². The summed E-state index contributed by atoms with van der Waals surface area (Å²) in [6.07, 6.45) is 8.78. The van der Waals surface area contributed by atoms with Gasteiger partial charge in [-0.1, -0.05) is 18.9 Å². The molecule has 1 aliphatic rings. The first-order chi connectivity index (χ1) is 10.2. The fourth-order valence-electron chi connectivity index (χ4n) is 3.04. The Balaban J connectivity index is 1.75. The van der Waals surface area contributed by atoms with E-state index in [1.165, 1.54) is 30.6 Å². The van der Waals surface area contributed by atoms with Gasteiger partial charge in [0.25, 0.3) is 0 Å². The predicted molar refractivity (Wildman–Crippen MR) is 84.1 cm³/mol. The minimum Gasteiger partial charge on any atom is -0.375 e. The van der Waals surface area contributed by atoms with Gasteiger partial charge >= 0.3 is 0 Å². The summed E-state index contributed by atoms with van der Waals surface area (Å²) in [6.45, 7) is 0.120. The summed E-state index contributed by atoms with van der Waals surface area (Å²) < 4.78 is 1.57. The predicted octanol–water partition coefficient (Wildman–Crippen LogP) is 2.77. The van der Waals surface area contributed by atoms with E-state index in [1.54, 1.807) is 22.2 Å². The lowest BCUT2D eigenvalue weighted by atomic mass is 9.96. The summed E-state index contributed by atoms with van der Waals surface area (Å²) in [5.74, 6) is 0.290. The molecule has 0 aliphatic heterocycles. The number of anilines is 1. The van der Waals surface area contributed by atoms with Crippen LogP contribution in [0.1, 0.15) is 36.6 Å². The van der Waals surface area contributed by atoms with Crippen LogP contribution < -0.4 is 11.1 Å². The number of carbonyl (C=O) groups excluding carboxylic acids is 1. The molecule has 1 unspecified atom stereocenters. The standard InChI is InChI=1S/C15H20N4OS/c16-14(20)10-19-9-12(8-17-19)18-15(11-4-1-2-5-11)13-6-3-7-21-13/h3,6-9,11,15,18H,1-2,4-5,10H2,(H2,16,20). The van der Waals surface area contributed by atoms with Crippen LogP contribution >= 0.6 is 11.3 Å². The van der Waals surface area contributed by atoms with Crippen molar-refractivity contribution in [3.05, 3.63) is 34.8 Å². The van der Waals surface area contributed by atoms with Crippen molar-refractivity contribution in [3.63, 3.8) is 0 Å². The Morgan fingerprint density at radius 2 is 2.33 bits per heavy atom. The van der Waals surface area contributed by atoms with Crippen LogP contribution in [0.3, 0.4) is 0 Å². The summed E-state index contributed by atoms with van der Waals surface area (Å²) in [7, 11) is 0. The van der Waals surface area contributed by atoms with Crippen LogP contribution in [-0.2, 0) is 11.3 Å². The van der Waals surface area contributed by atoms with Gasteiger partial charge in [-0.25, -0.2) is 0 Å². The summed E-state index contributed by atoms with van der Waals surface area (Å²) in [5.41, 5.74) is 6.14. The number of amides is 1. The van der Waals surface area contributed by atoms with Crippen LogP contribution in [0.2, 0.25) is 0 Å². The summed E-state index contributed by atoms with van der Waals surface area (Å²) >= 11 is 1.79. The van der Waals surface area contributed by atoms with Crippen molar-refractivity contribution in [3.8, 4) is 0 Å². The highest BCUT2D eigenvalue weighted by Gasteiger charge is 2.27. The largest absolute Gasteiger partial charge is 0.375 e. The molecule has 0 aromatic carbocycles. The van der Waals surface area contributed by atoms with Crippen molar-refractivity contribution in [2.24, 2.45) is 11.7 Å². The maximum absolute atomic E-state index is 10.9. The van der Waals surface area contributed by atoms with Crippen LogP contribution in [0.5, 0.6) is 0 Å². The second-order valence-corrected chi connectivity index (χ2v) is 6.55. The molecule has 1 saturated carbocycles. The van der Waals surface area contributed by atoms with Gasteiger partial charge in [-0.05, 0) is 30.2 Å². The zero-order valence-electron chi connectivity index (χ0n) is 11.9. The highest BCUT2D eigenvalue weighted by atomic mass is 32.1. The van der Waals surface area contributed by atoms with Crippen molar-refractivity contribution < 1.29 is 4.79 Å². The van der Waals surface area contributed by atoms with Crippen LogP contribution in [-0.4, -0.2) is 15.7 Å². The fraction of sp³-hybridized carbons (Fsp3) is 0.467. The second kappa shape index (κ2) is 6.30. The molecule has 1 fully saturated rings. The third-order valence-corrected chi connectivity index (χ3v) is 4.95. The molecule has 1 amide bonds. The number of carbonyl (C=O) groups is 1. The molecule has 3 N–H and O–H groups in total. The molecule has 1 atom stereocenters. The Hall–Kier alpha value is -1.82. The summed E-state index contributed by atoms with van der Waals surface area (Å²) in [5, 5.41) is 9.89. The minimum atomic E-state index is -0.379. The molecular formula is C15H20N4OS. The number of nitrogens with two attached hydrogens (primary N) is 1. The van der Waals surface area contributed by atoms with E-state index in [4.69, 9.17) is 5.73 Å². The Bertz CT molecular complexity index is 587. The molecule has 21 heavy (non-hydrogen) atoms. The van der Waals surface area contributed by atoms with Crippen molar-refractivity contribution in [1.82, 2.24) is 9.78 Å². The van der Waals surface area contributed by atoms with Gasteiger partial charge in [-0.2, -0.15) is 5.10 Å². The van der Waals surface area contributed by atoms with Crippen molar-refractivity contribution in [2.45, 2.75) is 38.3 Å². The third kappa shape index (κ3) is 3.44. The normalized spacial score (nSPS) is 17.0. The zero-order valence-corrected chi connectivity index (χ0v) is 12.7. The molecule has 2 aromatic rings. The van der Waals surface area contributed by atoms with Crippen molar-refractivity contribution in [1.29, 1.82) is 0 Å². The highest BCUT2D eigenvalue weighted by Crippen LogP contribution is 2.39. The Morgan fingerprint density at radius 1 is 1.52 bits per heavy atom. The van der Waals surface area contributed by atoms with Crippen molar-refractivity contribution >= 4 is 22.9 Å². The number of primary amides is 1. The van der Waals surface area contributed by atoms with Crippen LogP contribution in [0, 0.1) is 5.92 Å². The Kier molecular flexibility index (Phi) is 4.24. The molecule has 6 heteroatoms. The number of rotatable bonds is 6. The molecule has 0 spiro atoms.